The van der Waals surface area contributed by atoms with Crippen LogP contribution in [0.2, 0.25) is 0 Å². The molecule has 2 heteroatoms. The Balaban J connectivity index is 1.97. The van der Waals surface area contributed by atoms with E-state index in [9.17, 15) is 4.79 Å². The smallest absolute Gasteiger partial charge is 0.336 e. The average molecular weight is 208 g/mol. The van der Waals surface area contributed by atoms with Gasteiger partial charge in [-0.05, 0) is 25.0 Å². The number of unbranched alkanes of at least 4 members (excludes halogenated alkanes) is 6. The van der Waals surface area contributed by atoms with Crippen molar-refractivity contribution in [1.29, 1.82) is 0 Å². The van der Waals surface area contributed by atoms with E-state index in [1.807, 2.05) is 6.08 Å². The van der Waals surface area contributed by atoms with Gasteiger partial charge in [-0.2, -0.15) is 0 Å². The molecule has 0 N–H and O–H groups in total. The lowest BCUT2D eigenvalue weighted by molar-refractivity contribution is -0.132. The van der Waals surface area contributed by atoms with Crippen molar-refractivity contribution in [2.45, 2.75) is 51.9 Å². The van der Waals surface area contributed by atoms with Crippen LogP contribution < -0.4 is 0 Å². The molecule has 0 aliphatic carbocycles. The Morgan fingerprint density at radius 2 is 1.87 bits per heavy atom. The van der Waals surface area contributed by atoms with Crippen molar-refractivity contribution in [3.05, 3.63) is 24.0 Å². The zero-order valence-corrected chi connectivity index (χ0v) is 9.50. The Morgan fingerprint density at radius 1 is 1.13 bits per heavy atom. The fraction of sp³-hybridized carbons (Fsp3) is 0.615. The van der Waals surface area contributed by atoms with Crippen LogP contribution in [0, 0.1) is 0 Å². The Kier molecular flexibility index (Phi) is 5.83. The van der Waals surface area contributed by atoms with Crippen LogP contribution in [0.25, 0.3) is 0 Å². The summed E-state index contributed by atoms with van der Waals surface area (Å²) in [5, 5.41) is 0. The minimum Gasteiger partial charge on any atom is -0.424 e. The first-order valence-corrected chi connectivity index (χ1v) is 5.93. The van der Waals surface area contributed by atoms with Crippen LogP contribution in [0.1, 0.15) is 51.9 Å². The van der Waals surface area contributed by atoms with E-state index < -0.39 is 0 Å². The summed E-state index contributed by atoms with van der Waals surface area (Å²) in [5.41, 5.74) is 0. The van der Waals surface area contributed by atoms with Gasteiger partial charge in [0, 0.05) is 6.08 Å². The Morgan fingerprint density at radius 3 is 2.53 bits per heavy atom. The lowest BCUT2D eigenvalue weighted by atomic mass is 10.1. The fourth-order valence-electron chi connectivity index (χ4n) is 1.61. The molecule has 0 radical (unpaired) electrons. The molecule has 0 saturated heterocycles. The Hall–Kier alpha value is -1.05. The number of carbonyl (C=O) groups excluding carboxylic acids is 1. The van der Waals surface area contributed by atoms with Crippen molar-refractivity contribution >= 4 is 5.97 Å². The molecule has 1 rings (SSSR count). The summed E-state index contributed by atoms with van der Waals surface area (Å²) in [6.45, 7) is 2.23. The van der Waals surface area contributed by atoms with Gasteiger partial charge >= 0.3 is 5.97 Å². The number of esters is 1. The molecule has 0 spiro atoms. The first-order chi connectivity index (χ1) is 7.33. The second kappa shape index (κ2) is 7.27. The standard InChI is InChI=1S/C13H20O2/c1-2-3-4-5-6-7-8-9-12-10-11-13(14)15-12/h9-11H,2-8H2,1H3/b12-9-. The molecule has 1 aliphatic heterocycles. The maximum atomic E-state index is 10.7. The minimum absolute atomic E-state index is 0.246. The molecule has 0 bridgehead atoms. The van der Waals surface area contributed by atoms with Gasteiger partial charge in [-0.3, -0.25) is 0 Å². The quantitative estimate of drug-likeness (QED) is 0.470. The molecule has 84 valence electrons. The third kappa shape index (κ3) is 5.40. The monoisotopic (exact) mass is 208 g/mol. The van der Waals surface area contributed by atoms with Gasteiger partial charge in [-0.15, -0.1) is 0 Å². The molecule has 0 atom stereocenters. The normalized spacial score (nSPS) is 17.4. The van der Waals surface area contributed by atoms with Crippen molar-refractivity contribution in [3.8, 4) is 0 Å². The van der Waals surface area contributed by atoms with Gasteiger partial charge in [-0.1, -0.05) is 39.0 Å². The maximum Gasteiger partial charge on any atom is 0.336 e. The first-order valence-electron chi connectivity index (χ1n) is 5.93. The minimum atomic E-state index is -0.246. The number of cyclic esters (lactones) is 1. The zero-order valence-electron chi connectivity index (χ0n) is 9.50. The number of allylic oxidation sites excluding steroid dienone is 2. The van der Waals surface area contributed by atoms with Crippen LogP contribution in [-0.2, 0) is 9.53 Å². The maximum absolute atomic E-state index is 10.7. The van der Waals surface area contributed by atoms with Gasteiger partial charge in [0.15, 0.2) is 0 Å². The largest absolute Gasteiger partial charge is 0.424 e. The highest BCUT2D eigenvalue weighted by molar-refractivity contribution is 5.86. The molecular formula is C13H20O2. The van der Waals surface area contributed by atoms with E-state index >= 15 is 0 Å². The third-order valence-corrected chi connectivity index (χ3v) is 2.51. The predicted octanol–water partition coefficient (Wildman–Crippen LogP) is 3.73. The van der Waals surface area contributed by atoms with Gasteiger partial charge < -0.3 is 4.74 Å². The van der Waals surface area contributed by atoms with Gasteiger partial charge in [-0.25, -0.2) is 4.79 Å². The van der Waals surface area contributed by atoms with E-state index in [1.165, 1.54) is 44.6 Å². The lowest BCUT2D eigenvalue weighted by Gasteiger charge is -1.98. The molecule has 0 aromatic carbocycles. The molecule has 1 heterocycles. The molecule has 0 aromatic heterocycles. The third-order valence-electron chi connectivity index (χ3n) is 2.51. The van der Waals surface area contributed by atoms with E-state index in [0.29, 0.717) is 5.76 Å². The first kappa shape index (κ1) is 12.0. The average Bonchev–Trinajstić information content (AvgIpc) is 2.63. The van der Waals surface area contributed by atoms with Crippen LogP contribution in [0.3, 0.4) is 0 Å². The number of hydrogen-bond acceptors (Lipinski definition) is 2. The predicted molar refractivity (Wildman–Crippen MR) is 61.3 cm³/mol. The van der Waals surface area contributed by atoms with Crippen molar-refractivity contribution in [1.82, 2.24) is 0 Å². The van der Waals surface area contributed by atoms with Crippen LogP contribution in [0.5, 0.6) is 0 Å². The SMILES string of the molecule is CCCCCCCC/C=C1/C=CC(=O)O1. The van der Waals surface area contributed by atoms with E-state index in [1.54, 1.807) is 6.08 Å². The molecule has 1 aliphatic rings. The van der Waals surface area contributed by atoms with Gasteiger partial charge in [0.25, 0.3) is 0 Å². The molecule has 0 fully saturated rings. The van der Waals surface area contributed by atoms with Gasteiger partial charge in [0.1, 0.15) is 5.76 Å². The molecular weight excluding hydrogens is 188 g/mol. The van der Waals surface area contributed by atoms with Crippen molar-refractivity contribution in [2.24, 2.45) is 0 Å². The van der Waals surface area contributed by atoms with Crippen LogP contribution in [-0.4, -0.2) is 5.97 Å². The summed E-state index contributed by atoms with van der Waals surface area (Å²) in [4.78, 5) is 10.7. The topological polar surface area (TPSA) is 26.3 Å². The summed E-state index contributed by atoms with van der Waals surface area (Å²) >= 11 is 0. The highest BCUT2D eigenvalue weighted by Crippen LogP contribution is 2.12. The summed E-state index contributed by atoms with van der Waals surface area (Å²) < 4.78 is 4.92. The molecule has 0 amide bonds. The second-order valence-electron chi connectivity index (χ2n) is 3.92. The number of carbonyl (C=O) groups is 1. The number of hydrogen-bond donors (Lipinski definition) is 0. The van der Waals surface area contributed by atoms with E-state index in [4.69, 9.17) is 4.74 Å². The van der Waals surface area contributed by atoms with Crippen molar-refractivity contribution in [3.63, 3.8) is 0 Å². The van der Waals surface area contributed by atoms with Crippen molar-refractivity contribution < 1.29 is 9.53 Å². The summed E-state index contributed by atoms with van der Waals surface area (Å²) in [6, 6.07) is 0. The van der Waals surface area contributed by atoms with Crippen LogP contribution >= 0.6 is 0 Å². The molecule has 0 unspecified atom stereocenters. The summed E-state index contributed by atoms with van der Waals surface area (Å²) in [7, 11) is 0. The van der Waals surface area contributed by atoms with Crippen LogP contribution in [0.4, 0.5) is 0 Å². The second-order valence-corrected chi connectivity index (χ2v) is 3.92. The van der Waals surface area contributed by atoms with Gasteiger partial charge in [0.2, 0.25) is 0 Å². The highest BCUT2D eigenvalue weighted by Gasteiger charge is 2.07. The zero-order chi connectivity index (χ0) is 10.9. The van der Waals surface area contributed by atoms with E-state index in [0.717, 1.165) is 6.42 Å². The van der Waals surface area contributed by atoms with Gasteiger partial charge in [0.05, 0.1) is 0 Å². The van der Waals surface area contributed by atoms with E-state index in [-0.39, 0.29) is 5.97 Å². The van der Waals surface area contributed by atoms with E-state index in [2.05, 4.69) is 6.92 Å². The van der Waals surface area contributed by atoms with Crippen LogP contribution in [0.15, 0.2) is 24.0 Å². The summed E-state index contributed by atoms with van der Waals surface area (Å²) in [6.07, 6.45) is 14.0. The Labute approximate surface area is 92.0 Å². The molecule has 0 aromatic rings. The fourth-order valence-corrected chi connectivity index (χ4v) is 1.61. The number of rotatable bonds is 7. The summed E-state index contributed by atoms with van der Waals surface area (Å²) in [5.74, 6) is 0.470. The number of ether oxygens (including phenoxy) is 1. The lowest BCUT2D eigenvalue weighted by Crippen LogP contribution is -1.90. The molecule has 2 nitrogen and oxygen atoms in total. The highest BCUT2D eigenvalue weighted by atomic mass is 16.5. The molecule has 15 heavy (non-hydrogen) atoms. The Bertz CT molecular complexity index is 251. The van der Waals surface area contributed by atoms with Crippen molar-refractivity contribution in [2.75, 3.05) is 0 Å². The molecule has 0 saturated carbocycles.